The van der Waals surface area contributed by atoms with E-state index in [4.69, 9.17) is 5.73 Å². The summed E-state index contributed by atoms with van der Waals surface area (Å²) in [6, 6.07) is 22.7. The third kappa shape index (κ3) is 2.16. The molecule has 116 valence electrons. The number of nitrogen functional groups attached to an aromatic ring is 1. The van der Waals surface area contributed by atoms with Gasteiger partial charge >= 0.3 is 0 Å². The Hall–Kier alpha value is -3.40. The van der Waals surface area contributed by atoms with E-state index in [2.05, 4.69) is 6.07 Å². The molecule has 0 unspecified atom stereocenters. The number of non-ortho nitro benzene ring substituents is 1. The van der Waals surface area contributed by atoms with Gasteiger partial charge in [0, 0.05) is 28.6 Å². The number of hydrogen-bond donors (Lipinski definition) is 1. The molecule has 2 N–H and O–H groups in total. The predicted octanol–water partition coefficient (Wildman–Crippen LogP) is 5.15. The summed E-state index contributed by atoms with van der Waals surface area (Å²) < 4.78 is 0. The van der Waals surface area contributed by atoms with E-state index in [1.807, 2.05) is 42.5 Å². The highest BCUT2D eigenvalue weighted by Gasteiger charge is 2.11. The number of nitrogens with zero attached hydrogens (tertiary/aromatic N) is 1. The van der Waals surface area contributed by atoms with Gasteiger partial charge in [-0.1, -0.05) is 42.5 Å². The molecular formula is C20H14N2O2. The first-order valence-corrected chi connectivity index (χ1v) is 7.60. The first-order chi connectivity index (χ1) is 11.6. The molecule has 0 bridgehead atoms. The molecule has 4 nitrogen and oxygen atoms in total. The molecule has 4 rings (SSSR count). The van der Waals surface area contributed by atoms with E-state index in [9.17, 15) is 10.1 Å². The second-order valence-electron chi connectivity index (χ2n) is 5.72. The fourth-order valence-corrected chi connectivity index (χ4v) is 3.16. The highest BCUT2D eigenvalue weighted by atomic mass is 16.6. The van der Waals surface area contributed by atoms with Crippen molar-refractivity contribution in [3.63, 3.8) is 0 Å². The number of rotatable bonds is 2. The van der Waals surface area contributed by atoms with Crippen LogP contribution in [-0.4, -0.2) is 4.92 Å². The Labute approximate surface area is 138 Å². The van der Waals surface area contributed by atoms with E-state index in [1.165, 1.54) is 12.1 Å². The number of nitro groups is 1. The maximum atomic E-state index is 10.8. The molecule has 0 amide bonds. The lowest BCUT2D eigenvalue weighted by molar-refractivity contribution is -0.384. The molecule has 0 saturated carbocycles. The Bertz CT molecular complexity index is 1090. The second kappa shape index (κ2) is 5.35. The van der Waals surface area contributed by atoms with Crippen molar-refractivity contribution in [1.29, 1.82) is 0 Å². The average Bonchev–Trinajstić information content (AvgIpc) is 2.61. The third-order valence-corrected chi connectivity index (χ3v) is 4.32. The molecule has 0 radical (unpaired) electrons. The number of fused-ring (bicyclic) bond motifs is 2. The fraction of sp³-hybridized carbons (Fsp3) is 0. The van der Waals surface area contributed by atoms with E-state index >= 15 is 0 Å². The number of nitrogens with two attached hydrogens (primary N) is 1. The monoisotopic (exact) mass is 314 g/mol. The number of hydrogen-bond acceptors (Lipinski definition) is 3. The molecule has 24 heavy (non-hydrogen) atoms. The summed E-state index contributed by atoms with van der Waals surface area (Å²) in [5.41, 5.74) is 9.16. The Morgan fingerprint density at radius 2 is 1.54 bits per heavy atom. The highest BCUT2D eigenvalue weighted by Crippen LogP contribution is 2.37. The zero-order valence-corrected chi connectivity index (χ0v) is 12.8. The Kier molecular flexibility index (Phi) is 3.17. The van der Waals surface area contributed by atoms with Crippen LogP contribution in [0.4, 0.5) is 11.4 Å². The van der Waals surface area contributed by atoms with Crippen LogP contribution >= 0.6 is 0 Å². The van der Waals surface area contributed by atoms with Gasteiger partial charge in [0.25, 0.3) is 5.69 Å². The fourth-order valence-electron chi connectivity index (χ4n) is 3.16. The third-order valence-electron chi connectivity index (χ3n) is 4.32. The summed E-state index contributed by atoms with van der Waals surface area (Å²) in [6.07, 6.45) is 0. The zero-order chi connectivity index (χ0) is 16.7. The maximum Gasteiger partial charge on any atom is 0.269 e. The van der Waals surface area contributed by atoms with E-state index in [0.29, 0.717) is 0 Å². The van der Waals surface area contributed by atoms with Gasteiger partial charge in [-0.3, -0.25) is 10.1 Å². The standard InChI is InChI=1S/C20H14N2O2/c21-20-18-6-2-1-4-14(18)12-15-5-3-7-17(19(15)20)13-8-10-16(11-9-13)22(23)24/h1-12H,21H2. The van der Waals surface area contributed by atoms with Gasteiger partial charge < -0.3 is 5.73 Å². The van der Waals surface area contributed by atoms with Crippen LogP contribution in [0.25, 0.3) is 32.7 Å². The van der Waals surface area contributed by atoms with Gasteiger partial charge in [-0.2, -0.15) is 0 Å². The Morgan fingerprint density at radius 1 is 0.833 bits per heavy atom. The van der Waals surface area contributed by atoms with Gasteiger partial charge in [0.05, 0.1) is 4.92 Å². The minimum Gasteiger partial charge on any atom is -0.398 e. The molecule has 0 aliphatic carbocycles. The van der Waals surface area contributed by atoms with Crippen LogP contribution in [0.1, 0.15) is 0 Å². The van der Waals surface area contributed by atoms with Crippen LogP contribution in [0.2, 0.25) is 0 Å². The van der Waals surface area contributed by atoms with Crippen LogP contribution in [-0.2, 0) is 0 Å². The SMILES string of the molecule is Nc1c2ccccc2cc2cccc(-c3ccc([N+](=O)[O-])cc3)c12. The second-order valence-corrected chi connectivity index (χ2v) is 5.72. The molecule has 0 saturated heterocycles. The summed E-state index contributed by atoms with van der Waals surface area (Å²) in [5, 5.41) is 15.0. The lowest BCUT2D eigenvalue weighted by Crippen LogP contribution is -1.92. The summed E-state index contributed by atoms with van der Waals surface area (Å²) in [5.74, 6) is 0. The van der Waals surface area contributed by atoms with Gasteiger partial charge in [0.2, 0.25) is 0 Å². The van der Waals surface area contributed by atoms with Gasteiger partial charge in [-0.25, -0.2) is 0 Å². The normalized spacial score (nSPS) is 11.0. The van der Waals surface area contributed by atoms with Crippen LogP contribution in [0.3, 0.4) is 0 Å². The van der Waals surface area contributed by atoms with Crippen molar-refractivity contribution in [3.05, 3.63) is 82.9 Å². The van der Waals surface area contributed by atoms with Crippen molar-refractivity contribution in [2.45, 2.75) is 0 Å². The maximum absolute atomic E-state index is 10.8. The van der Waals surface area contributed by atoms with E-state index in [1.54, 1.807) is 12.1 Å². The summed E-state index contributed by atoms with van der Waals surface area (Å²) >= 11 is 0. The van der Waals surface area contributed by atoms with Crippen molar-refractivity contribution in [3.8, 4) is 11.1 Å². The molecule has 0 aliphatic rings. The molecule has 0 heterocycles. The molecule has 0 aliphatic heterocycles. The quantitative estimate of drug-likeness (QED) is 0.241. The number of benzene rings is 4. The van der Waals surface area contributed by atoms with Gasteiger partial charge in [0.1, 0.15) is 0 Å². The summed E-state index contributed by atoms with van der Waals surface area (Å²) in [6.45, 7) is 0. The first kappa shape index (κ1) is 14.2. The number of anilines is 1. The van der Waals surface area contributed by atoms with Gasteiger partial charge in [-0.15, -0.1) is 0 Å². The molecule has 4 heteroatoms. The average molecular weight is 314 g/mol. The minimum atomic E-state index is -0.394. The zero-order valence-electron chi connectivity index (χ0n) is 12.8. The predicted molar refractivity (Wildman–Crippen MR) is 98.0 cm³/mol. The lowest BCUT2D eigenvalue weighted by atomic mass is 9.94. The van der Waals surface area contributed by atoms with Crippen molar-refractivity contribution in [2.75, 3.05) is 5.73 Å². The Morgan fingerprint density at radius 3 is 2.29 bits per heavy atom. The lowest BCUT2D eigenvalue weighted by Gasteiger charge is -2.12. The largest absolute Gasteiger partial charge is 0.398 e. The van der Waals surface area contributed by atoms with Crippen LogP contribution in [0, 0.1) is 10.1 Å². The van der Waals surface area contributed by atoms with Crippen LogP contribution in [0.15, 0.2) is 72.8 Å². The molecule has 0 atom stereocenters. The van der Waals surface area contributed by atoms with E-state index < -0.39 is 4.92 Å². The highest BCUT2D eigenvalue weighted by molar-refractivity contribution is 6.15. The molecular weight excluding hydrogens is 300 g/mol. The molecule has 0 fully saturated rings. The summed E-state index contributed by atoms with van der Waals surface area (Å²) in [7, 11) is 0. The van der Waals surface area contributed by atoms with Crippen molar-refractivity contribution in [1.82, 2.24) is 0 Å². The first-order valence-electron chi connectivity index (χ1n) is 7.60. The van der Waals surface area contributed by atoms with Crippen molar-refractivity contribution >= 4 is 32.9 Å². The van der Waals surface area contributed by atoms with Crippen LogP contribution < -0.4 is 5.73 Å². The Balaban J connectivity index is 2.02. The summed E-state index contributed by atoms with van der Waals surface area (Å²) in [4.78, 5) is 10.5. The number of nitro benzene ring substituents is 1. The molecule has 4 aromatic carbocycles. The van der Waals surface area contributed by atoms with E-state index in [-0.39, 0.29) is 5.69 Å². The van der Waals surface area contributed by atoms with Crippen molar-refractivity contribution in [2.24, 2.45) is 0 Å². The van der Waals surface area contributed by atoms with E-state index in [0.717, 1.165) is 38.4 Å². The van der Waals surface area contributed by atoms with Crippen molar-refractivity contribution < 1.29 is 4.92 Å². The minimum absolute atomic E-state index is 0.0809. The molecule has 0 spiro atoms. The topological polar surface area (TPSA) is 69.2 Å². The van der Waals surface area contributed by atoms with Gasteiger partial charge in [0.15, 0.2) is 0 Å². The molecule has 0 aromatic heterocycles. The smallest absolute Gasteiger partial charge is 0.269 e. The van der Waals surface area contributed by atoms with Gasteiger partial charge in [-0.05, 0) is 40.1 Å². The molecule has 4 aromatic rings. The van der Waals surface area contributed by atoms with Crippen LogP contribution in [0.5, 0.6) is 0 Å².